The molecule has 0 saturated carbocycles. The van der Waals surface area contributed by atoms with Crippen molar-refractivity contribution >= 4 is 27.5 Å². The van der Waals surface area contributed by atoms with Crippen LogP contribution in [0.25, 0.3) is 0 Å². The number of hydrogen-bond acceptors (Lipinski definition) is 1. The monoisotopic (exact) mass is 325 g/mol. The SMILES string of the molecule is CC(C)C(CN)C(F)c1ccc(Br)c(Cl)c1F. The average molecular weight is 327 g/mol. The molecule has 0 amide bonds. The number of benzene rings is 1. The lowest BCUT2D eigenvalue weighted by Crippen LogP contribution is -2.25. The lowest BCUT2D eigenvalue weighted by molar-refractivity contribution is 0.184. The van der Waals surface area contributed by atoms with Crippen molar-refractivity contribution in [3.05, 3.63) is 33.0 Å². The van der Waals surface area contributed by atoms with Crippen LogP contribution in [0.2, 0.25) is 5.02 Å². The second kappa shape index (κ2) is 6.12. The van der Waals surface area contributed by atoms with E-state index in [1.165, 1.54) is 6.07 Å². The summed E-state index contributed by atoms with van der Waals surface area (Å²) < 4.78 is 28.5. The minimum atomic E-state index is -1.44. The number of rotatable bonds is 4. The molecular weight excluding hydrogens is 311 g/mol. The summed E-state index contributed by atoms with van der Waals surface area (Å²) in [5.74, 6) is -1.09. The Balaban J connectivity index is 3.12. The highest BCUT2D eigenvalue weighted by Gasteiger charge is 2.28. The van der Waals surface area contributed by atoms with E-state index in [9.17, 15) is 8.78 Å². The van der Waals surface area contributed by atoms with E-state index in [1.807, 2.05) is 13.8 Å². The maximum atomic E-state index is 14.2. The third-order valence-electron chi connectivity index (χ3n) is 2.87. The average Bonchev–Trinajstić information content (AvgIpc) is 2.26. The van der Waals surface area contributed by atoms with E-state index >= 15 is 0 Å². The van der Waals surface area contributed by atoms with E-state index in [4.69, 9.17) is 17.3 Å². The molecule has 0 heterocycles. The molecule has 2 unspecified atom stereocenters. The fourth-order valence-electron chi connectivity index (χ4n) is 1.71. The summed E-state index contributed by atoms with van der Waals surface area (Å²) >= 11 is 8.83. The summed E-state index contributed by atoms with van der Waals surface area (Å²) in [6.07, 6.45) is -1.44. The summed E-state index contributed by atoms with van der Waals surface area (Å²) in [6, 6.07) is 2.95. The van der Waals surface area contributed by atoms with E-state index in [2.05, 4.69) is 15.9 Å². The smallest absolute Gasteiger partial charge is 0.149 e. The summed E-state index contributed by atoms with van der Waals surface area (Å²) in [5.41, 5.74) is 5.50. The van der Waals surface area contributed by atoms with Gasteiger partial charge in [-0.15, -0.1) is 0 Å². The summed E-state index contributed by atoms with van der Waals surface area (Å²) in [4.78, 5) is 0. The van der Waals surface area contributed by atoms with Crippen molar-refractivity contribution in [3.63, 3.8) is 0 Å². The molecular formula is C12H15BrClF2N. The molecule has 5 heteroatoms. The van der Waals surface area contributed by atoms with Gasteiger partial charge in [0.25, 0.3) is 0 Å². The molecule has 0 radical (unpaired) electrons. The first kappa shape index (κ1) is 14.9. The van der Waals surface area contributed by atoms with Gasteiger partial charge in [-0.25, -0.2) is 8.78 Å². The molecule has 1 nitrogen and oxygen atoms in total. The lowest BCUT2D eigenvalue weighted by atomic mass is 9.87. The Labute approximate surface area is 113 Å². The van der Waals surface area contributed by atoms with Gasteiger partial charge >= 0.3 is 0 Å². The zero-order valence-electron chi connectivity index (χ0n) is 9.68. The topological polar surface area (TPSA) is 26.0 Å². The number of nitrogens with two attached hydrogens (primary N) is 1. The predicted octanol–water partition coefficient (Wildman–Crippen LogP) is 4.48. The van der Waals surface area contributed by atoms with Crippen molar-refractivity contribution in [2.75, 3.05) is 6.54 Å². The summed E-state index contributed by atoms with van der Waals surface area (Å²) in [5, 5.41) is -0.0929. The van der Waals surface area contributed by atoms with Gasteiger partial charge in [0.1, 0.15) is 12.0 Å². The molecule has 1 aromatic rings. The standard InChI is InChI=1S/C12H15BrClF2N/c1-6(2)8(5-17)11(15)7-3-4-9(13)10(14)12(7)16/h3-4,6,8,11H,5,17H2,1-2H3. The van der Waals surface area contributed by atoms with Crippen LogP contribution in [-0.4, -0.2) is 6.54 Å². The van der Waals surface area contributed by atoms with E-state index in [0.717, 1.165) is 0 Å². The van der Waals surface area contributed by atoms with Crippen LogP contribution in [0.1, 0.15) is 25.6 Å². The Morgan fingerprint density at radius 1 is 1.41 bits per heavy atom. The Kier molecular flexibility index (Phi) is 5.35. The molecule has 1 rings (SSSR count). The molecule has 96 valence electrons. The van der Waals surface area contributed by atoms with Gasteiger partial charge in [-0.1, -0.05) is 31.5 Å². The first-order chi connectivity index (χ1) is 7.90. The van der Waals surface area contributed by atoms with Crippen molar-refractivity contribution in [2.24, 2.45) is 17.6 Å². The molecule has 17 heavy (non-hydrogen) atoms. The van der Waals surface area contributed by atoms with Crippen LogP contribution in [0.5, 0.6) is 0 Å². The molecule has 0 aliphatic heterocycles. The van der Waals surface area contributed by atoms with E-state index < -0.39 is 17.9 Å². The Hall–Kier alpha value is -0.190. The number of hydrogen-bond donors (Lipinski definition) is 1. The van der Waals surface area contributed by atoms with Gasteiger partial charge in [0, 0.05) is 16.0 Å². The van der Waals surface area contributed by atoms with Crippen LogP contribution in [-0.2, 0) is 0 Å². The third kappa shape index (κ3) is 3.18. The van der Waals surface area contributed by atoms with Crippen molar-refractivity contribution in [1.82, 2.24) is 0 Å². The normalized spacial score (nSPS) is 15.1. The summed E-state index contributed by atoms with van der Waals surface area (Å²) in [6.45, 7) is 3.90. The maximum Gasteiger partial charge on any atom is 0.149 e. The molecule has 0 fully saturated rings. The zero-order valence-corrected chi connectivity index (χ0v) is 12.0. The molecule has 0 bridgehead atoms. The molecule has 0 aliphatic rings. The van der Waals surface area contributed by atoms with Crippen LogP contribution in [0.4, 0.5) is 8.78 Å². The minimum Gasteiger partial charge on any atom is -0.330 e. The highest BCUT2D eigenvalue weighted by Crippen LogP contribution is 2.36. The Morgan fingerprint density at radius 3 is 2.47 bits per heavy atom. The van der Waals surface area contributed by atoms with Crippen molar-refractivity contribution in [3.8, 4) is 0 Å². The summed E-state index contributed by atoms with van der Waals surface area (Å²) in [7, 11) is 0. The largest absolute Gasteiger partial charge is 0.330 e. The van der Waals surface area contributed by atoms with Gasteiger partial charge in [0.15, 0.2) is 0 Å². The van der Waals surface area contributed by atoms with Crippen LogP contribution in [0.15, 0.2) is 16.6 Å². The van der Waals surface area contributed by atoms with E-state index in [1.54, 1.807) is 6.07 Å². The third-order valence-corrected chi connectivity index (χ3v) is 4.13. The predicted molar refractivity (Wildman–Crippen MR) is 70.3 cm³/mol. The molecule has 2 atom stereocenters. The highest BCUT2D eigenvalue weighted by atomic mass is 79.9. The Morgan fingerprint density at radius 2 is 2.00 bits per heavy atom. The number of halogens is 4. The molecule has 1 aromatic carbocycles. The van der Waals surface area contributed by atoms with Crippen molar-refractivity contribution < 1.29 is 8.78 Å². The van der Waals surface area contributed by atoms with Gasteiger partial charge in [-0.2, -0.15) is 0 Å². The molecule has 0 aromatic heterocycles. The van der Waals surface area contributed by atoms with Crippen LogP contribution >= 0.6 is 27.5 Å². The van der Waals surface area contributed by atoms with Gasteiger partial charge < -0.3 is 5.73 Å². The quantitative estimate of drug-likeness (QED) is 0.811. The molecule has 0 saturated heterocycles. The fraction of sp³-hybridized carbons (Fsp3) is 0.500. The van der Waals surface area contributed by atoms with Crippen LogP contribution < -0.4 is 5.73 Å². The van der Waals surface area contributed by atoms with Gasteiger partial charge in [0.05, 0.1) is 5.02 Å². The van der Waals surface area contributed by atoms with Crippen LogP contribution in [0.3, 0.4) is 0 Å². The second-order valence-corrected chi connectivity index (χ2v) is 5.54. The van der Waals surface area contributed by atoms with Crippen LogP contribution in [0, 0.1) is 17.7 Å². The van der Waals surface area contributed by atoms with Crippen molar-refractivity contribution in [2.45, 2.75) is 20.0 Å². The fourth-order valence-corrected chi connectivity index (χ4v) is 2.19. The maximum absolute atomic E-state index is 14.2. The highest BCUT2D eigenvalue weighted by molar-refractivity contribution is 9.10. The number of alkyl halides is 1. The van der Waals surface area contributed by atoms with E-state index in [0.29, 0.717) is 4.47 Å². The zero-order chi connectivity index (χ0) is 13.2. The molecule has 2 N–H and O–H groups in total. The van der Waals surface area contributed by atoms with Gasteiger partial charge in [0.2, 0.25) is 0 Å². The minimum absolute atomic E-state index is 0.0256. The van der Waals surface area contributed by atoms with E-state index in [-0.39, 0.29) is 23.0 Å². The molecule has 0 spiro atoms. The van der Waals surface area contributed by atoms with Gasteiger partial charge in [-0.05, 0) is 34.5 Å². The first-order valence-corrected chi connectivity index (χ1v) is 6.54. The first-order valence-electron chi connectivity index (χ1n) is 5.37. The second-order valence-electron chi connectivity index (χ2n) is 4.31. The Bertz CT molecular complexity index is 398. The lowest BCUT2D eigenvalue weighted by Gasteiger charge is -2.24. The molecule has 0 aliphatic carbocycles. The van der Waals surface area contributed by atoms with Gasteiger partial charge in [-0.3, -0.25) is 0 Å². The van der Waals surface area contributed by atoms with Crippen molar-refractivity contribution in [1.29, 1.82) is 0 Å².